The van der Waals surface area contributed by atoms with Crippen molar-refractivity contribution in [2.75, 3.05) is 18.8 Å². The fourth-order valence-corrected chi connectivity index (χ4v) is 3.27. The number of amides is 2. The molecule has 26 heavy (non-hydrogen) atoms. The number of carbonyl (C=O) groups is 2. The topological polar surface area (TPSA) is 101 Å². The van der Waals surface area contributed by atoms with E-state index >= 15 is 0 Å². The monoisotopic (exact) mass is 373 g/mol. The van der Waals surface area contributed by atoms with Gasteiger partial charge in [0.1, 0.15) is 0 Å². The summed E-state index contributed by atoms with van der Waals surface area (Å²) in [6, 6.07) is 7.09. The number of nitrogens with zero attached hydrogens (tertiary/aromatic N) is 3. The maximum absolute atomic E-state index is 12.6. The molecule has 2 heterocycles. The first-order valence-electron chi connectivity index (χ1n) is 8.31. The van der Waals surface area contributed by atoms with Gasteiger partial charge in [0.25, 0.3) is 5.91 Å². The number of anilines is 1. The molecule has 0 saturated carbocycles. The Morgan fingerprint density at radius 3 is 2.62 bits per heavy atom. The van der Waals surface area contributed by atoms with Gasteiger partial charge in [0.2, 0.25) is 11.9 Å². The molecule has 8 heteroatoms. The van der Waals surface area contributed by atoms with Gasteiger partial charge >= 0.3 is 0 Å². The second kappa shape index (κ2) is 7.29. The van der Waals surface area contributed by atoms with E-state index in [-0.39, 0.29) is 23.8 Å². The quantitative estimate of drug-likeness (QED) is 0.857. The van der Waals surface area contributed by atoms with Crippen LogP contribution >= 0.6 is 11.6 Å². The van der Waals surface area contributed by atoms with Gasteiger partial charge in [-0.15, -0.1) is 0 Å². The van der Waals surface area contributed by atoms with Gasteiger partial charge < -0.3 is 16.0 Å². The van der Waals surface area contributed by atoms with E-state index < -0.39 is 0 Å². The standard InChI is InChI=1S/C18H20ClN5O2/c1-10-15(19)16(23-18(20)21-10)12-3-5-13(6-4-12)17(26)24-8-7-14(9-24)22-11(2)25/h3-6,14H,7-9H2,1-2H3,(H,22,25)(H2,20,21,23). The van der Waals surface area contributed by atoms with Crippen molar-refractivity contribution < 1.29 is 9.59 Å². The lowest BCUT2D eigenvalue weighted by atomic mass is 10.1. The van der Waals surface area contributed by atoms with Crippen LogP contribution in [-0.2, 0) is 4.79 Å². The van der Waals surface area contributed by atoms with Crippen molar-refractivity contribution >= 4 is 29.4 Å². The first-order chi connectivity index (χ1) is 12.3. The third-order valence-corrected chi connectivity index (χ3v) is 4.77. The minimum Gasteiger partial charge on any atom is -0.368 e. The molecule has 3 rings (SSSR count). The van der Waals surface area contributed by atoms with Crippen molar-refractivity contribution in [1.82, 2.24) is 20.2 Å². The van der Waals surface area contributed by atoms with Crippen LogP contribution in [0.1, 0.15) is 29.4 Å². The number of likely N-dealkylation sites (tertiary alicyclic amines) is 1. The Labute approximate surface area is 156 Å². The number of benzene rings is 1. The lowest BCUT2D eigenvalue weighted by Gasteiger charge is -2.17. The number of rotatable bonds is 3. The summed E-state index contributed by atoms with van der Waals surface area (Å²) in [5.41, 5.74) is 8.19. The van der Waals surface area contributed by atoms with Crippen molar-refractivity contribution in [2.24, 2.45) is 0 Å². The fourth-order valence-electron chi connectivity index (χ4n) is 3.08. The maximum atomic E-state index is 12.6. The third-order valence-electron chi connectivity index (χ3n) is 4.32. The predicted molar refractivity (Wildman–Crippen MR) is 99.8 cm³/mol. The molecule has 1 unspecified atom stereocenters. The lowest BCUT2D eigenvalue weighted by Crippen LogP contribution is -2.37. The molecule has 1 aromatic heterocycles. The van der Waals surface area contributed by atoms with Crippen LogP contribution in [0.15, 0.2) is 24.3 Å². The van der Waals surface area contributed by atoms with E-state index in [2.05, 4.69) is 15.3 Å². The highest BCUT2D eigenvalue weighted by Crippen LogP contribution is 2.29. The van der Waals surface area contributed by atoms with Gasteiger partial charge in [0, 0.05) is 37.2 Å². The molecule has 0 spiro atoms. The summed E-state index contributed by atoms with van der Waals surface area (Å²) in [6.07, 6.45) is 0.762. The van der Waals surface area contributed by atoms with E-state index in [1.807, 2.05) is 0 Å². The number of halogens is 1. The van der Waals surface area contributed by atoms with Gasteiger partial charge in [-0.1, -0.05) is 23.7 Å². The summed E-state index contributed by atoms with van der Waals surface area (Å²) < 4.78 is 0. The summed E-state index contributed by atoms with van der Waals surface area (Å²) in [5.74, 6) is 0.0157. The molecule has 136 valence electrons. The molecule has 2 aromatic rings. The summed E-state index contributed by atoms with van der Waals surface area (Å²) in [4.78, 5) is 33.8. The zero-order chi connectivity index (χ0) is 18.8. The van der Waals surface area contributed by atoms with E-state index in [1.54, 1.807) is 36.1 Å². The largest absolute Gasteiger partial charge is 0.368 e. The van der Waals surface area contributed by atoms with E-state index in [0.29, 0.717) is 35.1 Å². The van der Waals surface area contributed by atoms with Gasteiger partial charge in [0.15, 0.2) is 0 Å². The van der Waals surface area contributed by atoms with Crippen molar-refractivity contribution in [3.8, 4) is 11.3 Å². The highest BCUT2D eigenvalue weighted by Gasteiger charge is 2.27. The molecule has 1 fully saturated rings. The second-order valence-corrected chi connectivity index (χ2v) is 6.72. The summed E-state index contributed by atoms with van der Waals surface area (Å²) in [7, 11) is 0. The number of nitrogens with one attached hydrogen (secondary N) is 1. The molecule has 7 nitrogen and oxygen atoms in total. The van der Waals surface area contributed by atoms with Crippen LogP contribution in [-0.4, -0.2) is 45.8 Å². The van der Waals surface area contributed by atoms with Gasteiger partial charge in [-0.3, -0.25) is 9.59 Å². The van der Waals surface area contributed by atoms with Crippen molar-refractivity contribution in [2.45, 2.75) is 26.3 Å². The Kier molecular flexibility index (Phi) is 5.08. The minimum atomic E-state index is -0.0788. The molecule has 0 bridgehead atoms. The second-order valence-electron chi connectivity index (χ2n) is 6.34. The Morgan fingerprint density at radius 2 is 1.96 bits per heavy atom. The van der Waals surface area contributed by atoms with Gasteiger partial charge in [-0.25, -0.2) is 9.97 Å². The Balaban J connectivity index is 1.76. The van der Waals surface area contributed by atoms with E-state index in [9.17, 15) is 9.59 Å². The molecule has 1 aliphatic rings. The van der Waals surface area contributed by atoms with Crippen LogP contribution in [0.25, 0.3) is 11.3 Å². The highest BCUT2D eigenvalue weighted by atomic mass is 35.5. The number of nitrogens with two attached hydrogens (primary N) is 1. The van der Waals surface area contributed by atoms with Crippen LogP contribution < -0.4 is 11.1 Å². The number of aromatic nitrogens is 2. The Hall–Kier alpha value is -2.67. The number of aryl methyl sites for hydroxylation is 1. The molecule has 1 aliphatic heterocycles. The van der Waals surface area contributed by atoms with Crippen LogP contribution in [0.2, 0.25) is 5.02 Å². The van der Waals surface area contributed by atoms with Crippen LogP contribution in [0, 0.1) is 6.92 Å². The molecule has 0 radical (unpaired) electrons. The Morgan fingerprint density at radius 1 is 1.27 bits per heavy atom. The molecular weight excluding hydrogens is 354 g/mol. The van der Waals surface area contributed by atoms with Gasteiger partial charge in [-0.05, 0) is 25.5 Å². The first kappa shape index (κ1) is 18.1. The molecular formula is C18H20ClN5O2. The highest BCUT2D eigenvalue weighted by molar-refractivity contribution is 6.33. The number of hydrogen-bond donors (Lipinski definition) is 2. The average molecular weight is 374 g/mol. The minimum absolute atomic E-state index is 0.0153. The van der Waals surface area contributed by atoms with Crippen molar-refractivity contribution in [1.29, 1.82) is 0 Å². The molecule has 0 aliphatic carbocycles. The fraction of sp³-hybridized carbons (Fsp3) is 0.333. The van der Waals surface area contributed by atoms with Gasteiger partial charge in [-0.2, -0.15) is 0 Å². The SMILES string of the molecule is CC(=O)NC1CCN(C(=O)c2ccc(-c3nc(N)nc(C)c3Cl)cc2)C1. The third kappa shape index (κ3) is 3.77. The number of carbonyl (C=O) groups excluding carboxylic acids is 2. The maximum Gasteiger partial charge on any atom is 0.253 e. The molecule has 3 N–H and O–H groups in total. The predicted octanol–water partition coefficient (Wildman–Crippen LogP) is 2.04. The van der Waals surface area contributed by atoms with Crippen LogP contribution in [0.4, 0.5) is 5.95 Å². The smallest absolute Gasteiger partial charge is 0.253 e. The molecule has 1 aromatic carbocycles. The zero-order valence-electron chi connectivity index (χ0n) is 14.6. The van der Waals surface area contributed by atoms with Crippen LogP contribution in [0.3, 0.4) is 0 Å². The average Bonchev–Trinajstić information content (AvgIpc) is 3.05. The molecule has 2 amide bonds. The number of nitrogen functional groups attached to an aromatic ring is 1. The lowest BCUT2D eigenvalue weighted by molar-refractivity contribution is -0.119. The zero-order valence-corrected chi connectivity index (χ0v) is 15.4. The first-order valence-corrected chi connectivity index (χ1v) is 8.69. The number of hydrogen-bond acceptors (Lipinski definition) is 5. The normalized spacial score (nSPS) is 16.6. The van der Waals surface area contributed by atoms with E-state index in [4.69, 9.17) is 17.3 Å². The molecule has 1 atom stereocenters. The summed E-state index contributed by atoms with van der Waals surface area (Å²) in [6.45, 7) is 4.39. The Bertz CT molecular complexity index is 853. The summed E-state index contributed by atoms with van der Waals surface area (Å²) in [5, 5.41) is 3.29. The van der Waals surface area contributed by atoms with E-state index in [0.717, 1.165) is 12.0 Å². The van der Waals surface area contributed by atoms with E-state index in [1.165, 1.54) is 6.92 Å². The molecule has 1 saturated heterocycles. The summed E-state index contributed by atoms with van der Waals surface area (Å²) >= 11 is 6.27. The van der Waals surface area contributed by atoms with Crippen molar-refractivity contribution in [3.63, 3.8) is 0 Å². The van der Waals surface area contributed by atoms with Crippen LogP contribution in [0.5, 0.6) is 0 Å². The van der Waals surface area contributed by atoms with Gasteiger partial charge in [0.05, 0.1) is 16.4 Å². The van der Waals surface area contributed by atoms with Crippen molar-refractivity contribution in [3.05, 3.63) is 40.5 Å².